The second-order valence-electron chi connectivity index (χ2n) is 6.74. The fourth-order valence-electron chi connectivity index (χ4n) is 2.46. The van der Waals surface area contributed by atoms with E-state index < -0.39 is 6.04 Å². The maximum atomic E-state index is 12.4. The molecule has 1 unspecified atom stereocenters. The Morgan fingerprint density at radius 2 is 1.73 bits per heavy atom. The van der Waals surface area contributed by atoms with Crippen molar-refractivity contribution in [3.05, 3.63) is 53.1 Å². The summed E-state index contributed by atoms with van der Waals surface area (Å²) in [7, 11) is 0. The van der Waals surface area contributed by atoms with E-state index in [9.17, 15) is 14.7 Å². The van der Waals surface area contributed by atoms with E-state index in [1.54, 1.807) is 24.3 Å². The maximum absolute atomic E-state index is 12.4. The highest BCUT2D eigenvalue weighted by atomic mass is 16.3. The van der Waals surface area contributed by atoms with Crippen LogP contribution in [-0.4, -0.2) is 29.5 Å². The predicted molar refractivity (Wildman–Crippen MR) is 105 cm³/mol. The van der Waals surface area contributed by atoms with Crippen LogP contribution in [0.25, 0.3) is 0 Å². The lowest BCUT2D eigenvalue weighted by Crippen LogP contribution is -2.47. The molecule has 1 rings (SSSR count). The fourth-order valence-corrected chi connectivity index (χ4v) is 2.46. The number of benzene rings is 1. The van der Waals surface area contributed by atoms with Crippen molar-refractivity contribution >= 4 is 11.8 Å². The van der Waals surface area contributed by atoms with Crippen LogP contribution in [0, 0.1) is 0 Å². The van der Waals surface area contributed by atoms with Crippen molar-refractivity contribution in [2.24, 2.45) is 0 Å². The van der Waals surface area contributed by atoms with E-state index in [-0.39, 0.29) is 17.6 Å². The largest absolute Gasteiger partial charge is 0.508 e. The van der Waals surface area contributed by atoms with Crippen molar-refractivity contribution in [1.82, 2.24) is 10.6 Å². The van der Waals surface area contributed by atoms with Crippen molar-refractivity contribution in [2.75, 3.05) is 6.54 Å². The van der Waals surface area contributed by atoms with Gasteiger partial charge in [-0.2, -0.15) is 0 Å². The summed E-state index contributed by atoms with van der Waals surface area (Å²) in [5.74, 6) is -0.304. The Kier molecular flexibility index (Phi) is 9.20. The molecule has 0 heterocycles. The number of amides is 2. The van der Waals surface area contributed by atoms with Gasteiger partial charge in [0.15, 0.2) is 0 Å². The van der Waals surface area contributed by atoms with Crippen molar-refractivity contribution < 1.29 is 14.7 Å². The molecule has 0 radical (unpaired) electrons. The summed E-state index contributed by atoms with van der Waals surface area (Å²) in [6, 6.07) is 5.97. The molecule has 0 aliphatic carbocycles. The van der Waals surface area contributed by atoms with E-state index in [2.05, 4.69) is 30.6 Å². The Bertz CT molecular complexity index is 656. The molecule has 0 bridgehead atoms. The SMILES string of the molecule is CC(=O)NC(Cc1ccc(O)cc1)C(=O)NCC=C(C)CCC=C(C)C. The number of rotatable bonds is 9. The van der Waals surface area contributed by atoms with E-state index >= 15 is 0 Å². The predicted octanol–water partition coefficient (Wildman–Crippen LogP) is 3.25. The van der Waals surface area contributed by atoms with E-state index in [0.717, 1.165) is 18.4 Å². The van der Waals surface area contributed by atoms with E-state index in [1.807, 2.05) is 13.0 Å². The second kappa shape index (κ2) is 11.1. The van der Waals surface area contributed by atoms with Crippen LogP contribution in [-0.2, 0) is 16.0 Å². The zero-order chi connectivity index (χ0) is 19.5. The van der Waals surface area contributed by atoms with Crippen LogP contribution in [0.5, 0.6) is 5.75 Å². The third-order valence-corrected chi connectivity index (χ3v) is 3.89. The zero-order valence-electron chi connectivity index (χ0n) is 16.1. The minimum Gasteiger partial charge on any atom is -0.508 e. The molecule has 26 heavy (non-hydrogen) atoms. The summed E-state index contributed by atoms with van der Waals surface area (Å²) in [5.41, 5.74) is 3.39. The van der Waals surface area contributed by atoms with Crippen molar-refractivity contribution in [3.8, 4) is 5.75 Å². The summed E-state index contributed by atoms with van der Waals surface area (Å²) in [5, 5.41) is 14.9. The van der Waals surface area contributed by atoms with Gasteiger partial charge in [-0.3, -0.25) is 9.59 Å². The summed E-state index contributed by atoms with van der Waals surface area (Å²) in [4.78, 5) is 23.8. The van der Waals surface area contributed by atoms with E-state index in [0.29, 0.717) is 13.0 Å². The van der Waals surface area contributed by atoms with Crippen LogP contribution < -0.4 is 10.6 Å². The van der Waals surface area contributed by atoms with Gasteiger partial charge >= 0.3 is 0 Å². The molecule has 2 amide bonds. The highest BCUT2D eigenvalue weighted by Gasteiger charge is 2.19. The van der Waals surface area contributed by atoms with Gasteiger partial charge in [-0.1, -0.05) is 35.4 Å². The van der Waals surface area contributed by atoms with Gasteiger partial charge in [0.25, 0.3) is 0 Å². The summed E-state index contributed by atoms with van der Waals surface area (Å²) >= 11 is 0. The molecule has 0 aliphatic rings. The number of hydrogen-bond acceptors (Lipinski definition) is 3. The molecule has 0 aromatic heterocycles. The van der Waals surface area contributed by atoms with Crippen LogP contribution in [0.4, 0.5) is 0 Å². The standard InChI is InChI=1S/C21H30N2O3/c1-15(2)6-5-7-16(3)12-13-22-21(26)20(23-17(4)24)14-18-8-10-19(25)11-9-18/h6,8-12,20,25H,5,7,13-14H2,1-4H3,(H,22,26)(H,23,24). The van der Waals surface area contributed by atoms with Gasteiger partial charge in [0.2, 0.25) is 11.8 Å². The highest BCUT2D eigenvalue weighted by molar-refractivity contribution is 5.87. The molecule has 1 aromatic carbocycles. The lowest BCUT2D eigenvalue weighted by molar-refractivity contribution is -0.127. The molecule has 3 N–H and O–H groups in total. The minimum atomic E-state index is -0.642. The molecule has 0 spiro atoms. The fraction of sp³-hybridized carbons (Fsp3) is 0.429. The first-order chi connectivity index (χ1) is 12.3. The van der Waals surface area contributed by atoms with Gasteiger partial charge in [-0.25, -0.2) is 0 Å². The van der Waals surface area contributed by atoms with Gasteiger partial charge in [0.1, 0.15) is 11.8 Å². The van der Waals surface area contributed by atoms with Crippen LogP contribution in [0.15, 0.2) is 47.6 Å². The van der Waals surface area contributed by atoms with Crippen LogP contribution in [0.1, 0.15) is 46.1 Å². The van der Waals surface area contributed by atoms with Crippen LogP contribution in [0.3, 0.4) is 0 Å². The number of nitrogens with one attached hydrogen (secondary N) is 2. The molecule has 0 aliphatic heterocycles. The molecular weight excluding hydrogens is 328 g/mol. The number of phenolic OH excluding ortho intramolecular Hbond substituents is 1. The topological polar surface area (TPSA) is 78.4 Å². The molecule has 5 nitrogen and oxygen atoms in total. The Labute approximate surface area is 156 Å². The van der Waals surface area contributed by atoms with E-state index in [4.69, 9.17) is 0 Å². The zero-order valence-corrected chi connectivity index (χ0v) is 16.1. The number of carbonyl (C=O) groups excluding carboxylic acids is 2. The molecule has 5 heteroatoms. The van der Waals surface area contributed by atoms with Crippen molar-refractivity contribution in [2.45, 2.75) is 53.0 Å². The van der Waals surface area contributed by atoms with Crippen LogP contribution in [0.2, 0.25) is 0 Å². The average Bonchev–Trinajstić information content (AvgIpc) is 2.55. The third kappa shape index (κ3) is 9.06. The lowest BCUT2D eigenvalue weighted by atomic mass is 10.0. The lowest BCUT2D eigenvalue weighted by Gasteiger charge is -2.17. The maximum Gasteiger partial charge on any atom is 0.243 e. The average molecular weight is 358 g/mol. The number of phenols is 1. The third-order valence-electron chi connectivity index (χ3n) is 3.89. The van der Waals surface area contributed by atoms with Crippen molar-refractivity contribution in [3.63, 3.8) is 0 Å². The molecule has 142 valence electrons. The first-order valence-corrected chi connectivity index (χ1v) is 8.89. The van der Waals surface area contributed by atoms with E-state index in [1.165, 1.54) is 18.1 Å². The van der Waals surface area contributed by atoms with Gasteiger partial charge in [0.05, 0.1) is 0 Å². The first kappa shape index (κ1) is 21.5. The summed E-state index contributed by atoms with van der Waals surface area (Å²) in [6.07, 6.45) is 6.52. The van der Waals surface area contributed by atoms with Gasteiger partial charge < -0.3 is 15.7 Å². The molecule has 0 saturated heterocycles. The van der Waals surface area contributed by atoms with Gasteiger partial charge in [-0.15, -0.1) is 0 Å². The van der Waals surface area contributed by atoms with Gasteiger partial charge in [0, 0.05) is 19.9 Å². The molecule has 0 saturated carbocycles. The normalized spacial score (nSPS) is 12.2. The number of hydrogen-bond donors (Lipinski definition) is 3. The van der Waals surface area contributed by atoms with Crippen molar-refractivity contribution in [1.29, 1.82) is 0 Å². The molecular formula is C21H30N2O3. The first-order valence-electron chi connectivity index (χ1n) is 8.89. The Balaban J connectivity index is 2.58. The van der Waals surface area contributed by atoms with Gasteiger partial charge in [-0.05, 0) is 51.3 Å². The Morgan fingerprint density at radius 1 is 1.08 bits per heavy atom. The minimum absolute atomic E-state index is 0.169. The second-order valence-corrected chi connectivity index (χ2v) is 6.74. The molecule has 1 aromatic rings. The number of allylic oxidation sites excluding steroid dienone is 3. The summed E-state index contributed by atoms with van der Waals surface area (Å²) in [6.45, 7) is 8.04. The molecule has 1 atom stereocenters. The molecule has 0 fully saturated rings. The smallest absolute Gasteiger partial charge is 0.243 e. The number of aromatic hydroxyl groups is 1. The Morgan fingerprint density at radius 3 is 2.31 bits per heavy atom. The number of carbonyl (C=O) groups is 2. The van der Waals surface area contributed by atoms with Crippen LogP contribution >= 0.6 is 0 Å². The highest BCUT2D eigenvalue weighted by Crippen LogP contribution is 2.11. The monoisotopic (exact) mass is 358 g/mol. The summed E-state index contributed by atoms with van der Waals surface area (Å²) < 4.78 is 0. The quantitative estimate of drug-likeness (QED) is 0.593. The Hall–Kier alpha value is -2.56.